The molecule has 0 atom stereocenters. The number of rotatable bonds is 3. The Kier molecular flexibility index (Phi) is 8.55. The molecule has 13 heavy (non-hydrogen) atoms. The average molecular weight is 183 g/mol. The van der Waals surface area contributed by atoms with E-state index in [0.717, 1.165) is 13.0 Å². The lowest BCUT2D eigenvalue weighted by Crippen LogP contribution is -1.93. The summed E-state index contributed by atoms with van der Waals surface area (Å²) in [6, 6.07) is 9.89. The van der Waals surface area contributed by atoms with Gasteiger partial charge in [0.2, 0.25) is 0 Å². The van der Waals surface area contributed by atoms with Crippen LogP contribution in [-0.4, -0.2) is 18.4 Å². The Balaban J connectivity index is 0.000000424. The van der Waals surface area contributed by atoms with Crippen molar-refractivity contribution in [1.82, 2.24) is 0 Å². The van der Waals surface area contributed by atoms with E-state index in [1.807, 2.05) is 37.3 Å². The largest absolute Gasteiger partial charge is 0.331 e. The van der Waals surface area contributed by atoms with Crippen LogP contribution in [0.1, 0.15) is 12.5 Å². The molecule has 0 bridgehead atoms. The lowest BCUT2D eigenvalue weighted by atomic mass is 10.2. The molecular weight excluding hydrogens is 166 g/mol. The second-order valence-corrected chi connectivity index (χ2v) is 2.48. The lowest BCUT2D eigenvalue weighted by molar-refractivity contribution is -0.241. The van der Waals surface area contributed by atoms with Crippen LogP contribution in [0.4, 0.5) is 0 Å². The van der Waals surface area contributed by atoms with Crippen molar-refractivity contribution in [1.29, 1.82) is 0 Å². The molecule has 0 aliphatic carbocycles. The molecule has 1 rings (SSSR count). The van der Waals surface area contributed by atoms with Crippen LogP contribution in [0, 0.1) is 0 Å². The van der Waals surface area contributed by atoms with E-state index in [0.29, 0.717) is 6.61 Å². The first kappa shape index (κ1) is 12.1. The molecule has 74 valence electrons. The molecule has 1 aromatic carbocycles. The van der Waals surface area contributed by atoms with Crippen molar-refractivity contribution in [2.75, 3.05) is 13.2 Å². The van der Waals surface area contributed by atoms with Crippen molar-refractivity contribution in [3.05, 3.63) is 35.9 Å². The minimum atomic E-state index is 0.365. The maximum Gasteiger partial charge on any atom is 0.0860 e. The third kappa shape index (κ3) is 7.46. The minimum Gasteiger partial charge on any atom is -0.331 e. The second-order valence-electron chi connectivity index (χ2n) is 2.48. The predicted octanol–water partition coefficient (Wildman–Crippen LogP) is 1.68. The highest BCUT2D eigenvalue weighted by Gasteiger charge is 1.88. The smallest absolute Gasteiger partial charge is 0.0860 e. The molecule has 0 aromatic heterocycles. The highest BCUT2D eigenvalue weighted by Crippen LogP contribution is 1.98. The number of hydrogen-bond acceptors (Lipinski definition) is 3. The summed E-state index contributed by atoms with van der Waals surface area (Å²) in [6.45, 7) is 3.02. The number of nitrogens with two attached hydrogens (primary N) is 1. The van der Waals surface area contributed by atoms with Crippen molar-refractivity contribution in [3.63, 3.8) is 0 Å². The van der Waals surface area contributed by atoms with Crippen molar-refractivity contribution >= 4 is 0 Å². The molecule has 0 aliphatic heterocycles. The number of benzene rings is 1. The van der Waals surface area contributed by atoms with Gasteiger partial charge in [0.15, 0.2) is 0 Å². The SMILES string of the molecule is CCN.OOCCc1ccccc1. The molecule has 3 heteroatoms. The van der Waals surface area contributed by atoms with Gasteiger partial charge in [0, 0.05) is 0 Å². The molecule has 3 nitrogen and oxygen atoms in total. The molecule has 0 unspecified atom stereocenters. The van der Waals surface area contributed by atoms with Gasteiger partial charge in [-0.1, -0.05) is 37.3 Å². The minimum absolute atomic E-state index is 0.365. The molecule has 1 aromatic rings. The molecule has 0 heterocycles. The quantitative estimate of drug-likeness (QED) is 0.553. The molecule has 0 radical (unpaired) electrons. The van der Waals surface area contributed by atoms with E-state index in [9.17, 15) is 0 Å². The molecular formula is C10H17NO2. The van der Waals surface area contributed by atoms with E-state index in [-0.39, 0.29) is 0 Å². The van der Waals surface area contributed by atoms with Gasteiger partial charge in [0.25, 0.3) is 0 Å². The van der Waals surface area contributed by atoms with Crippen LogP contribution in [0.25, 0.3) is 0 Å². The van der Waals surface area contributed by atoms with Crippen molar-refractivity contribution < 1.29 is 10.1 Å². The highest BCUT2D eigenvalue weighted by atomic mass is 17.1. The van der Waals surface area contributed by atoms with Crippen LogP contribution in [-0.2, 0) is 11.3 Å². The van der Waals surface area contributed by atoms with Gasteiger partial charge in [-0.15, -0.1) is 0 Å². The van der Waals surface area contributed by atoms with Crippen LogP contribution < -0.4 is 5.73 Å². The molecule has 3 N–H and O–H groups in total. The van der Waals surface area contributed by atoms with E-state index in [1.165, 1.54) is 5.56 Å². The van der Waals surface area contributed by atoms with Gasteiger partial charge in [-0.3, -0.25) is 5.26 Å². The van der Waals surface area contributed by atoms with Gasteiger partial charge in [0.05, 0.1) is 6.61 Å². The average Bonchev–Trinajstić information content (AvgIpc) is 2.18. The zero-order chi connectivity index (χ0) is 9.94. The Labute approximate surface area is 79.1 Å². The monoisotopic (exact) mass is 183 g/mol. The lowest BCUT2D eigenvalue weighted by Gasteiger charge is -1.96. The van der Waals surface area contributed by atoms with Crippen LogP contribution in [0.15, 0.2) is 30.3 Å². The van der Waals surface area contributed by atoms with E-state index in [4.69, 9.17) is 11.0 Å². The summed E-state index contributed by atoms with van der Waals surface area (Å²) in [7, 11) is 0. The summed E-state index contributed by atoms with van der Waals surface area (Å²) in [5, 5.41) is 8.03. The standard InChI is InChI=1S/C8H10O2.C2H7N/c9-10-7-6-8-4-2-1-3-5-8;1-2-3/h1-5,9H,6-7H2;2-3H2,1H3. The highest BCUT2D eigenvalue weighted by molar-refractivity contribution is 5.14. The summed E-state index contributed by atoms with van der Waals surface area (Å²) in [5.41, 5.74) is 6.02. The first-order chi connectivity index (χ1) is 6.35. The van der Waals surface area contributed by atoms with Crippen LogP contribution in [0.5, 0.6) is 0 Å². The van der Waals surface area contributed by atoms with E-state index < -0.39 is 0 Å². The van der Waals surface area contributed by atoms with E-state index in [1.54, 1.807) is 0 Å². The van der Waals surface area contributed by atoms with Crippen molar-refractivity contribution in [3.8, 4) is 0 Å². The van der Waals surface area contributed by atoms with Gasteiger partial charge in [0.1, 0.15) is 0 Å². The molecule has 0 fully saturated rings. The van der Waals surface area contributed by atoms with Gasteiger partial charge in [-0.2, -0.15) is 0 Å². The van der Waals surface area contributed by atoms with Crippen molar-refractivity contribution in [2.45, 2.75) is 13.3 Å². The van der Waals surface area contributed by atoms with Crippen molar-refractivity contribution in [2.24, 2.45) is 5.73 Å². The number of hydrogen-bond donors (Lipinski definition) is 2. The predicted molar refractivity (Wildman–Crippen MR) is 53.5 cm³/mol. The normalized spacial score (nSPS) is 8.85. The zero-order valence-corrected chi connectivity index (χ0v) is 7.94. The third-order valence-corrected chi connectivity index (χ3v) is 1.32. The summed E-state index contributed by atoms with van der Waals surface area (Å²) in [6.07, 6.45) is 0.761. The molecule has 0 amide bonds. The zero-order valence-electron chi connectivity index (χ0n) is 7.94. The first-order valence-electron chi connectivity index (χ1n) is 4.35. The van der Waals surface area contributed by atoms with Crippen LogP contribution >= 0.6 is 0 Å². The molecule has 0 saturated carbocycles. The Morgan fingerprint density at radius 1 is 1.31 bits per heavy atom. The maximum absolute atomic E-state index is 8.03. The molecule has 0 spiro atoms. The fourth-order valence-electron chi connectivity index (χ4n) is 0.808. The topological polar surface area (TPSA) is 55.5 Å². The Morgan fingerprint density at radius 2 is 1.85 bits per heavy atom. The van der Waals surface area contributed by atoms with E-state index >= 15 is 0 Å². The third-order valence-electron chi connectivity index (χ3n) is 1.32. The summed E-state index contributed by atoms with van der Waals surface area (Å²) < 4.78 is 0. The summed E-state index contributed by atoms with van der Waals surface area (Å²) in [4.78, 5) is 3.95. The van der Waals surface area contributed by atoms with Gasteiger partial charge >= 0.3 is 0 Å². The fourth-order valence-corrected chi connectivity index (χ4v) is 0.808. The van der Waals surface area contributed by atoms with Crippen LogP contribution in [0.2, 0.25) is 0 Å². The van der Waals surface area contributed by atoms with E-state index in [2.05, 4.69) is 4.89 Å². The Morgan fingerprint density at radius 3 is 2.31 bits per heavy atom. The van der Waals surface area contributed by atoms with Gasteiger partial charge in [-0.25, -0.2) is 4.89 Å². The summed E-state index contributed by atoms with van der Waals surface area (Å²) in [5.74, 6) is 0. The second kappa shape index (κ2) is 9.19. The molecule has 0 saturated heterocycles. The van der Waals surface area contributed by atoms with Gasteiger partial charge in [-0.05, 0) is 18.5 Å². The van der Waals surface area contributed by atoms with Crippen LogP contribution in [0.3, 0.4) is 0 Å². The fraction of sp³-hybridized carbons (Fsp3) is 0.400. The summed E-state index contributed by atoms with van der Waals surface area (Å²) >= 11 is 0. The Hall–Kier alpha value is -0.900. The Bertz CT molecular complexity index is 189. The maximum atomic E-state index is 8.03. The molecule has 0 aliphatic rings. The van der Waals surface area contributed by atoms with Gasteiger partial charge < -0.3 is 5.73 Å². The first-order valence-corrected chi connectivity index (χ1v) is 4.35.